The lowest BCUT2D eigenvalue weighted by Gasteiger charge is -2.01. The minimum Gasteiger partial charge on any atom is -0.258 e. The van der Waals surface area contributed by atoms with E-state index in [1.165, 1.54) is 6.07 Å². The summed E-state index contributed by atoms with van der Waals surface area (Å²) in [6, 6.07) is 16.3. The third-order valence-corrected chi connectivity index (χ3v) is 3.47. The van der Waals surface area contributed by atoms with Gasteiger partial charge in [-0.25, -0.2) is 4.57 Å². The van der Waals surface area contributed by atoms with Crippen molar-refractivity contribution in [2.24, 2.45) is 0 Å². The highest BCUT2D eigenvalue weighted by Gasteiger charge is 2.14. The van der Waals surface area contributed by atoms with Crippen LogP contribution in [0.25, 0.3) is 10.8 Å². The highest BCUT2D eigenvalue weighted by atomic mass is 16.6. The maximum Gasteiger partial charge on any atom is 0.277 e. The van der Waals surface area contributed by atoms with Crippen LogP contribution in [0.15, 0.2) is 60.9 Å². The van der Waals surface area contributed by atoms with Crippen LogP contribution < -0.4 is 4.57 Å². The van der Waals surface area contributed by atoms with E-state index in [4.69, 9.17) is 5.26 Å². The van der Waals surface area contributed by atoms with Crippen LogP contribution in [0.2, 0.25) is 0 Å². The zero-order valence-electron chi connectivity index (χ0n) is 11.6. The van der Waals surface area contributed by atoms with Crippen molar-refractivity contribution >= 4 is 16.5 Å². The second-order valence-corrected chi connectivity index (χ2v) is 4.97. The van der Waals surface area contributed by atoms with Crippen molar-refractivity contribution in [1.82, 2.24) is 0 Å². The molecule has 0 saturated heterocycles. The first-order valence-electron chi connectivity index (χ1n) is 6.72. The number of fused-ring (bicyclic) bond motifs is 1. The molecule has 1 heterocycles. The molecule has 0 spiro atoms. The Morgan fingerprint density at radius 1 is 1.18 bits per heavy atom. The largest absolute Gasteiger partial charge is 0.277 e. The Hall–Kier alpha value is -3.26. The lowest BCUT2D eigenvalue weighted by atomic mass is 10.1. The molecule has 22 heavy (non-hydrogen) atoms. The minimum atomic E-state index is -0.372. The fourth-order valence-electron chi connectivity index (χ4n) is 2.46. The number of hydrogen-bond acceptors (Lipinski definition) is 3. The number of non-ortho nitro benzene ring substituents is 1. The van der Waals surface area contributed by atoms with Crippen molar-refractivity contribution < 1.29 is 9.49 Å². The second-order valence-electron chi connectivity index (χ2n) is 4.97. The summed E-state index contributed by atoms with van der Waals surface area (Å²) in [6.07, 6.45) is 3.69. The molecule has 3 aromatic rings. The average molecular weight is 290 g/mol. The Morgan fingerprint density at radius 3 is 2.77 bits per heavy atom. The van der Waals surface area contributed by atoms with Gasteiger partial charge in [-0.15, -0.1) is 0 Å². The standard InChI is InChI=1S/C17H12N3O2/c18-10-13-3-1-4-14(9-13)11-19-8-7-16-15(12-19)5-2-6-17(16)20(21)22/h1-9,12H,11H2/q+1. The third kappa shape index (κ3) is 2.63. The molecule has 3 rings (SSSR count). The van der Waals surface area contributed by atoms with Crippen molar-refractivity contribution in [3.63, 3.8) is 0 Å². The number of nitro benzene ring substituents is 1. The summed E-state index contributed by atoms with van der Waals surface area (Å²) in [5, 5.41) is 21.4. The van der Waals surface area contributed by atoms with Crippen LogP contribution in [0.1, 0.15) is 11.1 Å². The van der Waals surface area contributed by atoms with Crippen molar-refractivity contribution in [1.29, 1.82) is 5.26 Å². The Balaban J connectivity index is 1.99. The number of benzene rings is 2. The summed E-state index contributed by atoms with van der Waals surface area (Å²) >= 11 is 0. The van der Waals surface area contributed by atoms with Crippen molar-refractivity contribution in [2.75, 3.05) is 0 Å². The first-order valence-corrected chi connectivity index (χ1v) is 6.72. The molecule has 5 nitrogen and oxygen atoms in total. The maximum absolute atomic E-state index is 11.0. The van der Waals surface area contributed by atoms with Gasteiger partial charge < -0.3 is 0 Å². The van der Waals surface area contributed by atoms with Crippen molar-refractivity contribution in [2.45, 2.75) is 6.54 Å². The van der Waals surface area contributed by atoms with E-state index >= 15 is 0 Å². The van der Waals surface area contributed by atoms with Gasteiger partial charge in [0, 0.05) is 17.7 Å². The topological polar surface area (TPSA) is 70.8 Å². The second kappa shape index (κ2) is 5.62. The summed E-state index contributed by atoms with van der Waals surface area (Å²) in [6.45, 7) is 0.605. The Morgan fingerprint density at radius 2 is 2.00 bits per heavy atom. The Kier molecular flexibility index (Phi) is 3.50. The number of aromatic nitrogens is 1. The SMILES string of the molecule is N#Cc1cccc(C[n+]2ccc3c([N+](=O)[O-])cccc3c2)c1. The van der Waals surface area contributed by atoms with Crippen LogP contribution in [0.3, 0.4) is 0 Å². The van der Waals surface area contributed by atoms with Crippen molar-refractivity contribution in [3.05, 3.63) is 82.2 Å². The number of rotatable bonds is 3. The molecule has 0 aliphatic heterocycles. The maximum atomic E-state index is 11.0. The molecule has 0 fully saturated rings. The van der Waals surface area contributed by atoms with E-state index in [2.05, 4.69) is 6.07 Å². The lowest BCUT2D eigenvalue weighted by Crippen LogP contribution is -2.33. The summed E-state index contributed by atoms with van der Waals surface area (Å²) in [4.78, 5) is 10.7. The van der Waals surface area contributed by atoms with E-state index in [1.54, 1.807) is 18.2 Å². The summed E-state index contributed by atoms with van der Waals surface area (Å²) < 4.78 is 1.95. The molecule has 0 atom stereocenters. The highest BCUT2D eigenvalue weighted by Crippen LogP contribution is 2.23. The highest BCUT2D eigenvalue weighted by molar-refractivity contribution is 5.89. The van der Waals surface area contributed by atoms with Gasteiger partial charge in [-0.1, -0.05) is 18.2 Å². The molecule has 0 radical (unpaired) electrons. The number of nitro groups is 1. The van der Waals surface area contributed by atoms with E-state index in [1.807, 2.05) is 41.2 Å². The molecule has 0 unspecified atom stereocenters. The zero-order chi connectivity index (χ0) is 15.5. The van der Waals surface area contributed by atoms with E-state index in [0.717, 1.165) is 10.9 Å². The average Bonchev–Trinajstić information content (AvgIpc) is 2.54. The first kappa shape index (κ1) is 13.7. The molecule has 0 N–H and O–H groups in total. The molecule has 5 heteroatoms. The minimum absolute atomic E-state index is 0.108. The number of nitriles is 1. The molecule has 0 aliphatic carbocycles. The van der Waals surface area contributed by atoms with E-state index in [-0.39, 0.29) is 10.6 Å². The summed E-state index contributed by atoms with van der Waals surface area (Å²) in [7, 11) is 0. The van der Waals surface area contributed by atoms with Gasteiger partial charge in [-0.2, -0.15) is 5.26 Å². The summed E-state index contributed by atoms with van der Waals surface area (Å²) in [5.41, 5.74) is 1.74. The van der Waals surface area contributed by atoms with Crippen LogP contribution in [0.5, 0.6) is 0 Å². The van der Waals surface area contributed by atoms with Gasteiger partial charge in [0.25, 0.3) is 5.69 Å². The van der Waals surface area contributed by atoms with Crippen LogP contribution in [-0.2, 0) is 6.54 Å². The van der Waals surface area contributed by atoms with Crippen LogP contribution in [0, 0.1) is 21.4 Å². The zero-order valence-corrected chi connectivity index (χ0v) is 11.6. The Labute approximate surface area is 126 Å². The normalized spacial score (nSPS) is 10.3. The molecule has 0 aliphatic rings. The molecular weight excluding hydrogens is 278 g/mol. The lowest BCUT2D eigenvalue weighted by molar-refractivity contribution is -0.687. The first-order chi connectivity index (χ1) is 10.7. The Bertz CT molecular complexity index is 913. The van der Waals surface area contributed by atoms with Crippen LogP contribution >= 0.6 is 0 Å². The molecule has 106 valence electrons. The van der Waals surface area contributed by atoms with Crippen LogP contribution in [-0.4, -0.2) is 4.92 Å². The van der Waals surface area contributed by atoms with E-state index in [9.17, 15) is 10.1 Å². The molecule has 1 aromatic heterocycles. The fraction of sp³-hybridized carbons (Fsp3) is 0.0588. The number of hydrogen-bond donors (Lipinski definition) is 0. The van der Waals surface area contributed by atoms with Gasteiger partial charge >= 0.3 is 0 Å². The quantitative estimate of drug-likeness (QED) is 0.423. The molecular formula is C17H12N3O2+. The molecule has 0 bridgehead atoms. The van der Waals surface area contributed by atoms with Crippen molar-refractivity contribution in [3.8, 4) is 6.07 Å². The third-order valence-electron chi connectivity index (χ3n) is 3.47. The van der Waals surface area contributed by atoms with Gasteiger partial charge in [-0.3, -0.25) is 10.1 Å². The van der Waals surface area contributed by atoms with Gasteiger partial charge in [0.1, 0.15) is 0 Å². The predicted molar refractivity (Wildman–Crippen MR) is 81.1 cm³/mol. The van der Waals surface area contributed by atoms with Gasteiger partial charge in [0.05, 0.1) is 27.3 Å². The molecule has 2 aromatic carbocycles. The number of nitrogens with zero attached hydrogens (tertiary/aromatic N) is 3. The smallest absolute Gasteiger partial charge is 0.258 e. The number of pyridine rings is 1. The fourth-order valence-corrected chi connectivity index (χ4v) is 2.46. The molecule has 0 amide bonds. The monoisotopic (exact) mass is 290 g/mol. The predicted octanol–water partition coefficient (Wildman–Crippen LogP) is 2.96. The van der Waals surface area contributed by atoms with Crippen LogP contribution in [0.4, 0.5) is 5.69 Å². The summed E-state index contributed by atoms with van der Waals surface area (Å²) in [5.74, 6) is 0. The van der Waals surface area contributed by atoms with Gasteiger partial charge in [0.15, 0.2) is 18.9 Å². The van der Waals surface area contributed by atoms with E-state index in [0.29, 0.717) is 17.5 Å². The van der Waals surface area contributed by atoms with Gasteiger partial charge in [-0.05, 0) is 18.2 Å². The van der Waals surface area contributed by atoms with E-state index < -0.39 is 0 Å². The molecule has 0 saturated carbocycles. The van der Waals surface area contributed by atoms with Gasteiger partial charge in [0.2, 0.25) is 0 Å².